The van der Waals surface area contributed by atoms with Gasteiger partial charge in [-0.25, -0.2) is 0 Å². The van der Waals surface area contributed by atoms with E-state index in [2.05, 4.69) is 10.6 Å². The Hall–Kier alpha value is -1.55. The van der Waals surface area contributed by atoms with E-state index >= 15 is 0 Å². The second kappa shape index (κ2) is 5.87. The first-order valence-corrected chi connectivity index (χ1v) is 6.49. The van der Waals surface area contributed by atoms with E-state index in [4.69, 9.17) is 11.6 Å². The van der Waals surface area contributed by atoms with Crippen molar-refractivity contribution in [2.45, 2.75) is 19.3 Å². The van der Waals surface area contributed by atoms with E-state index in [1.807, 2.05) is 0 Å². The van der Waals surface area contributed by atoms with Crippen LogP contribution in [0.4, 0.5) is 11.4 Å². The van der Waals surface area contributed by atoms with Gasteiger partial charge in [0.25, 0.3) is 0 Å². The lowest BCUT2D eigenvalue weighted by Gasteiger charge is -2.08. The maximum atomic E-state index is 11.6. The van der Waals surface area contributed by atoms with Gasteiger partial charge in [0.2, 0.25) is 11.8 Å². The van der Waals surface area contributed by atoms with Crippen LogP contribution in [0.15, 0.2) is 24.3 Å². The summed E-state index contributed by atoms with van der Waals surface area (Å²) < 4.78 is 0. The van der Waals surface area contributed by atoms with Gasteiger partial charge in [0.15, 0.2) is 0 Å². The van der Waals surface area contributed by atoms with Gasteiger partial charge in [-0.05, 0) is 31.0 Å². The van der Waals surface area contributed by atoms with Crippen LogP contribution in [0.1, 0.15) is 19.3 Å². The molecule has 96 valence electrons. The van der Waals surface area contributed by atoms with Crippen LogP contribution in [0.5, 0.6) is 0 Å². The molecule has 5 heteroatoms. The molecule has 0 bridgehead atoms. The molecule has 0 atom stereocenters. The number of nitrogens with one attached hydrogen (secondary N) is 2. The van der Waals surface area contributed by atoms with Crippen molar-refractivity contribution in [1.29, 1.82) is 0 Å². The Morgan fingerprint density at radius 3 is 2.50 bits per heavy atom. The summed E-state index contributed by atoms with van der Waals surface area (Å²) in [5.74, 6) is 0.388. The van der Waals surface area contributed by atoms with Gasteiger partial charge in [0.1, 0.15) is 0 Å². The number of hydrogen-bond acceptors (Lipinski definition) is 2. The first-order chi connectivity index (χ1) is 8.69. The van der Waals surface area contributed by atoms with Crippen molar-refractivity contribution in [3.63, 3.8) is 0 Å². The van der Waals surface area contributed by atoms with Crippen LogP contribution in [0.3, 0.4) is 0 Å². The number of alkyl halides is 1. The van der Waals surface area contributed by atoms with Crippen molar-refractivity contribution in [2.24, 2.45) is 5.92 Å². The summed E-state index contributed by atoms with van der Waals surface area (Å²) in [6.45, 7) is 0. The van der Waals surface area contributed by atoms with Crippen molar-refractivity contribution >= 4 is 34.8 Å². The van der Waals surface area contributed by atoms with Crippen molar-refractivity contribution < 1.29 is 9.59 Å². The van der Waals surface area contributed by atoms with Crippen molar-refractivity contribution in [3.05, 3.63) is 24.3 Å². The molecule has 1 aromatic carbocycles. The third-order valence-electron chi connectivity index (χ3n) is 2.68. The zero-order valence-corrected chi connectivity index (χ0v) is 10.7. The zero-order valence-electron chi connectivity index (χ0n) is 9.91. The fourth-order valence-corrected chi connectivity index (χ4v) is 1.75. The van der Waals surface area contributed by atoms with Gasteiger partial charge in [0, 0.05) is 29.6 Å². The molecule has 0 saturated heterocycles. The van der Waals surface area contributed by atoms with E-state index < -0.39 is 0 Å². The third-order valence-corrected chi connectivity index (χ3v) is 2.87. The number of hydrogen-bond donors (Lipinski definition) is 2. The maximum absolute atomic E-state index is 11.6. The molecular formula is C13H15ClN2O2. The molecule has 4 nitrogen and oxygen atoms in total. The summed E-state index contributed by atoms with van der Waals surface area (Å²) in [6, 6.07) is 7.11. The van der Waals surface area contributed by atoms with Gasteiger partial charge in [0.05, 0.1) is 0 Å². The quantitative estimate of drug-likeness (QED) is 0.805. The molecule has 2 rings (SSSR count). The fraction of sp³-hybridized carbons (Fsp3) is 0.385. The molecule has 1 fully saturated rings. The molecule has 0 aromatic heterocycles. The summed E-state index contributed by atoms with van der Waals surface area (Å²) in [5.41, 5.74) is 1.37. The number of anilines is 2. The molecule has 0 unspecified atom stereocenters. The number of amides is 2. The monoisotopic (exact) mass is 266 g/mol. The molecule has 0 heterocycles. The lowest BCUT2D eigenvalue weighted by atomic mass is 10.2. The standard InChI is InChI=1S/C13H15ClN2O2/c14-7-6-12(17)15-10-2-1-3-11(8-10)16-13(18)9-4-5-9/h1-3,8-9H,4-7H2,(H,15,17)(H,16,18). The van der Waals surface area contributed by atoms with Gasteiger partial charge >= 0.3 is 0 Å². The molecule has 1 aromatic rings. The zero-order chi connectivity index (χ0) is 13.0. The van der Waals surface area contributed by atoms with Crippen LogP contribution in [0.2, 0.25) is 0 Å². The van der Waals surface area contributed by atoms with Gasteiger partial charge in [-0.2, -0.15) is 0 Å². The Morgan fingerprint density at radius 1 is 1.22 bits per heavy atom. The summed E-state index contributed by atoms with van der Waals surface area (Å²) in [6.07, 6.45) is 2.22. The van der Waals surface area contributed by atoms with Gasteiger partial charge in [-0.3, -0.25) is 9.59 Å². The molecule has 0 spiro atoms. The maximum Gasteiger partial charge on any atom is 0.227 e. The second-order valence-electron chi connectivity index (χ2n) is 4.33. The Bertz CT molecular complexity index is 458. The van der Waals surface area contributed by atoms with Gasteiger partial charge < -0.3 is 10.6 Å². The minimum atomic E-state index is -0.129. The van der Waals surface area contributed by atoms with Crippen molar-refractivity contribution in [1.82, 2.24) is 0 Å². The molecule has 1 saturated carbocycles. The Morgan fingerprint density at radius 2 is 1.89 bits per heavy atom. The van der Waals surface area contributed by atoms with E-state index in [1.165, 1.54) is 0 Å². The summed E-state index contributed by atoms with van der Waals surface area (Å²) in [5, 5.41) is 5.56. The molecule has 2 amide bonds. The van der Waals surface area contributed by atoms with Crippen LogP contribution in [0.25, 0.3) is 0 Å². The van der Waals surface area contributed by atoms with Crippen LogP contribution in [0, 0.1) is 5.92 Å². The lowest BCUT2D eigenvalue weighted by Crippen LogP contribution is -2.14. The van der Waals surface area contributed by atoms with Crippen molar-refractivity contribution in [3.8, 4) is 0 Å². The van der Waals surface area contributed by atoms with Crippen LogP contribution < -0.4 is 10.6 Å². The van der Waals surface area contributed by atoms with Gasteiger partial charge in [-0.1, -0.05) is 6.07 Å². The Labute approximate surface area is 111 Å². The van der Waals surface area contributed by atoms with E-state index in [9.17, 15) is 9.59 Å². The first-order valence-electron chi connectivity index (χ1n) is 5.96. The van der Waals surface area contributed by atoms with E-state index in [1.54, 1.807) is 24.3 Å². The molecule has 1 aliphatic rings. The highest BCUT2D eigenvalue weighted by Crippen LogP contribution is 2.30. The molecule has 2 N–H and O–H groups in total. The van der Waals surface area contributed by atoms with Gasteiger partial charge in [-0.15, -0.1) is 11.6 Å². The van der Waals surface area contributed by atoms with Crippen molar-refractivity contribution in [2.75, 3.05) is 16.5 Å². The predicted molar refractivity (Wildman–Crippen MR) is 71.8 cm³/mol. The number of halogens is 1. The Kier molecular flexibility index (Phi) is 4.20. The normalized spacial score (nSPS) is 14.1. The Balaban J connectivity index is 1.95. The first kappa shape index (κ1) is 12.9. The van der Waals surface area contributed by atoms with Crippen LogP contribution in [-0.4, -0.2) is 17.7 Å². The summed E-state index contributed by atoms with van der Waals surface area (Å²) in [7, 11) is 0. The third kappa shape index (κ3) is 3.74. The summed E-state index contributed by atoms with van der Waals surface area (Å²) in [4.78, 5) is 23.0. The minimum absolute atomic E-state index is 0.0548. The lowest BCUT2D eigenvalue weighted by molar-refractivity contribution is -0.117. The molecule has 0 aliphatic heterocycles. The van der Waals surface area contributed by atoms with E-state index in [0.29, 0.717) is 17.3 Å². The largest absolute Gasteiger partial charge is 0.326 e. The predicted octanol–water partition coefficient (Wildman–Crippen LogP) is 2.60. The number of benzene rings is 1. The topological polar surface area (TPSA) is 58.2 Å². The van der Waals surface area contributed by atoms with Crippen LogP contribution in [-0.2, 0) is 9.59 Å². The fourth-order valence-electron chi connectivity index (χ4n) is 1.57. The smallest absolute Gasteiger partial charge is 0.227 e. The highest BCUT2D eigenvalue weighted by molar-refractivity contribution is 6.19. The highest BCUT2D eigenvalue weighted by atomic mass is 35.5. The number of carbonyl (C=O) groups excluding carboxylic acids is 2. The SMILES string of the molecule is O=C(CCCl)Nc1cccc(NC(=O)C2CC2)c1. The highest BCUT2D eigenvalue weighted by Gasteiger charge is 2.29. The minimum Gasteiger partial charge on any atom is -0.326 e. The average Bonchev–Trinajstić information content (AvgIpc) is 3.13. The van der Waals surface area contributed by atoms with E-state index in [-0.39, 0.29) is 24.2 Å². The molecule has 1 aliphatic carbocycles. The molecular weight excluding hydrogens is 252 g/mol. The number of rotatable bonds is 5. The second-order valence-corrected chi connectivity index (χ2v) is 4.71. The van der Waals surface area contributed by atoms with Crippen LogP contribution >= 0.6 is 11.6 Å². The molecule has 0 radical (unpaired) electrons. The van der Waals surface area contributed by atoms with E-state index in [0.717, 1.165) is 12.8 Å². The summed E-state index contributed by atoms with van der Waals surface area (Å²) >= 11 is 5.49. The average molecular weight is 267 g/mol. The number of carbonyl (C=O) groups is 2. The molecule has 18 heavy (non-hydrogen) atoms.